The number of methoxy groups -OCH3 is 1. The van der Waals surface area contributed by atoms with Crippen LogP contribution in [0.5, 0.6) is 5.75 Å². The first kappa shape index (κ1) is 20.6. The number of carbonyl (C=O) groups is 1. The molecule has 0 aliphatic rings. The second-order valence-electron chi connectivity index (χ2n) is 7.00. The Hall–Kier alpha value is -3.64. The molecular formula is C25H23N3O2S. The number of nitrogens with zero attached hydrogens (tertiary/aromatic N) is 1. The highest BCUT2D eigenvalue weighted by atomic mass is 32.1. The van der Waals surface area contributed by atoms with Crippen LogP contribution < -0.4 is 15.4 Å². The number of para-hydroxylation sites is 1. The van der Waals surface area contributed by atoms with E-state index in [0.717, 1.165) is 32.6 Å². The number of hydrogen-bond donors (Lipinski definition) is 2. The Morgan fingerprint density at radius 2 is 1.71 bits per heavy atom. The number of ether oxygens (including phenoxy) is 1. The number of benzene rings is 2. The normalized spacial score (nSPS) is 11.5. The molecule has 2 aromatic heterocycles. The largest absolute Gasteiger partial charge is 0.496 e. The molecule has 4 rings (SSSR count). The number of thiophene rings is 1. The maximum absolute atomic E-state index is 12.9. The van der Waals surface area contributed by atoms with Crippen molar-refractivity contribution in [1.29, 1.82) is 0 Å². The summed E-state index contributed by atoms with van der Waals surface area (Å²) in [7, 11) is 1.66. The number of amides is 1. The summed E-state index contributed by atoms with van der Waals surface area (Å²) >= 11 is 1.55. The van der Waals surface area contributed by atoms with Crippen molar-refractivity contribution in [2.24, 2.45) is 0 Å². The fourth-order valence-electron chi connectivity index (χ4n) is 3.43. The first-order chi connectivity index (χ1) is 15.2. The van der Waals surface area contributed by atoms with Gasteiger partial charge in [0.25, 0.3) is 5.91 Å². The first-order valence-electron chi connectivity index (χ1n) is 9.93. The predicted octanol–water partition coefficient (Wildman–Crippen LogP) is 5.91. The van der Waals surface area contributed by atoms with Crippen molar-refractivity contribution in [3.05, 3.63) is 107 Å². The van der Waals surface area contributed by atoms with Gasteiger partial charge in [-0.2, -0.15) is 0 Å². The van der Waals surface area contributed by atoms with Gasteiger partial charge in [-0.1, -0.05) is 42.5 Å². The molecule has 1 atom stereocenters. The fraction of sp³-hybridized carbons (Fsp3) is 0.120. The van der Waals surface area contributed by atoms with E-state index in [9.17, 15) is 4.79 Å². The van der Waals surface area contributed by atoms with Gasteiger partial charge in [-0.3, -0.25) is 4.79 Å². The van der Waals surface area contributed by atoms with Crippen molar-refractivity contribution >= 4 is 28.1 Å². The number of hydrogen-bond acceptors (Lipinski definition) is 5. The Morgan fingerprint density at radius 1 is 0.968 bits per heavy atom. The summed E-state index contributed by atoms with van der Waals surface area (Å²) in [5.74, 6) is 1.36. The lowest BCUT2D eigenvalue weighted by Gasteiger charge is -2.23. The molecule has 0 bridgehead atoms. The summed E-state index contributed by atoms with van der Waals surface area (Å²) in [4.78, 5) is 18.4. The van der Waals surface area contributed by atoms with E-state index in [2.05, 4.69) is 21.7 Å². The molecule has 2 N–H and O–H groups in total. The standard InChI is InChI=1S/C25H23N3O2S/c1-17-16-20(25(31-17)28-24(29)18-10-4-3-5-11-18)23(27-22-14-8-9-15-26-22)19-12-6-7-13-21(19)30-2/h3-16,23H,1-2H3,(H,26,27)(H,28,29)/t23-/m1/s1. The van der Waals surface area contributed by atoms with Gasteiger partial charge in [0.2, 0.25) is 0 Å². The monoisotopic (exact) mass is 429 g/mol. The SMILES string of the molecule is COc1ccccc1[C@@H](Nc1ccccn1)c1cc(C)sc1NC(=O)c1ccccc1. The van der Waals surface area contributed by atoms with Crippen LogP contribution in [-0.2, 0) is 0 Å². The van der Waals surface area contributed by atoms with Crippen LogP contribution in [0.15, 0.2) is 85.1 Å². The van der Waals surface area contributed by atoms with Crippen LogP contribution in [0.1, 0.15) is 32.4 Å². The van der Waals surface area contributed by atoms with Crippen LogP contribution in [0.3, 0.4) is 0 Å². The zero-order chi connectivity index (χ0) is 21.6. The van der Waals surface area contributed by atoms with Gasteiger partial charge in [-0.15, -0.1) is 11.3 Å². The summed E-state index contributed by atoms with van der Waals surface area (Å²) in [6, 6.07) is 24.7. The van der Waals surface area contributed by atoms with Crippen molar-refractivity contribution < 1.29 is 9.53 Å². The molecule has 0 saturated carbocycles. The molecule has 0 unspecified atom stereocenters. The molecule has 2 aromatic carbocycles. The van der Waals surface area contributed by atoms with E-state index in [0.29, 0.717) is 5.56 Å². The molecule has 0 fully saturated rings. The van der Waals surface area contributed by atoms with E-state index in [4.69, 9.17) is 4.74 Å². The van der Waals surface area contributed by atoms with Gasteiger partial charge in [-0.25, -0.2) is 4.98 Å². The number of nitrogens with one attached hydrogen (secondary N) is 2. The van der Waals surface area contributed by atoms with Gasteiger partial charge < -0.3 is 15.4 Å². The molecule has 5 nitrogen and oxygen atoms in total. The topological polar surface area (TPSA) is 63.2 Å². The van der Waals surface area contributed by atoms with Crippen LogP contribution in [0.4, 0.5) is 10.8 Å². The average molecular weight is 430 g/mol. The van der Waals surface area contributed by atoms with Crippen LogP contribution in [0, 0.1) is 6.92 Å². The molecule has 6 heteroatoms. The number of carbonyl (C=O) groups excluding carboxylic acids is 1. The molecule has 0 saturated heterocycles. The Labute approximate surface area is 185 Å². The summed E-state index contributed by atoms with van der Waals surface area (Å²) in [6.07, 6.45) is 1.75. The van der Waals surface area contributed by atoms with Crippen molar-refractivity contribution in [1.82, 2.24) is 4.98 Å². The molecule has 4 aromatic rings. The Kier molecular flexibility index (Phi) is 6.29. The molecule has 0 spiro atoms. The van der Waals surface area contributed by atoms with Crippen molar-refractivity contribution in [2.75, 3.05) is 17.7 Å². The Morgan fingerprint density at radius 3 is 2.45 bits per heavy atom. The maximum Gasteiger partial charge on any atom is 0.256 e. The lowest BCUT2D eigenvalue weighted by molar-refractivity contribution is 0.102. The van der Waals surface area contributed by atoms with Crippen molar-refractivity contribution in [3.63, 3.8) is 0 Å². The van der Waals surface area contributed by atoms with Crippen molar-refractivity contribution in [3.8, 4) is 5.75 Å². The smallest absolute Gasteiger partial charge is 0.256 e. The minimum atomic E-state index is -0.262. The minimum Gasteiger partial charge on any atom is -0.496 e. The van der Waals surface area contributed by atoms with Gasteiger partial charge in [-0.05, 0) is 43.3 Å². The van der Waals surface area contributed by atoms with Gasteiger partial charge >= 0.3 is 0 Å². The van der Waals surface area contributed by atoms with Crippen molar-refractivity contribution in [2.45, 2.75) is 13.0 Å². The quantitative estimate of drug-likeness (QED) is 0.383. The molecule has 0 radical (unpaired) electrons. The van der Waals surface area contributed by atoms with Gasteiger partial charge in [0.05, 0.1) is 13.2 Å². The molecule has 156 valence electrons. The van der Waals surface area contributed by atoms with Crippen LogP contribution in [-0.4, -0.2) is 18.0 Å². The number of aromatic nitrogens is 1. The molecule has 1 amide bonds. The summed E-state index contributed by atoms with van der Waals surface area (Å²) < 4.78 is 5.64. The number of rotatable bonds is 7. The maximum atomic E-state index is 12.9. The highest BCUT2D eigenvalue weighted by Crippen LogP contribution is 2.40. The molecule has 0 aliphatic heterocycles. The van der Waals surface area contributed by atoms with E-state index in [1.807, 2.05) is 67.6 Å². The minimum absolute atomic E-state index is 0.139. The van der Waals surface area contributed by atoms with E-state index in [-0.39, 0.29) is 11.9 Å². The molecule has 31 heavy (non-hydrogen) atoms. The first-order valence-corrected chi connectivity index (χ1v) is 10.7. The zero-order valence-electron chi connectivity index (χ0n) is 17.3. The summed E-state index contributed by atoms with van der Waals surface area (Å²) in [5.41, 5.74) is 2.54. The average Bonchev–Trinajstić information content (AvgIpc) is 3.18. The van der Waals surface area contributed by atoms with Gasteiger partial charge in [0, 0.05) is 27.8 Å². The van der Waals surface area contributed by atoms with Gasteiger partial charge in [0.1, 0.15) is 16.6 Å². The third-order valence-electron chi connectivity index (χ3n) is 4.87. The Bertz CT molecular complexity index is 1160. The van der Waals surface area contributed by atoms with E-state index < -0.39 is 0 Å². The lowest BCUT2D eigenvalue weighted by atomic mass is 9.98. The van der Waals surface area contributed by atoms with E-state index in [1.54, 1.807) is 36.8 Å². The number of aryl methyl sites for hydroxylation is 1. The van der Waals surface area contributed by atoms with Gasteiger partial charge in [0.15, 0.2) is 0 Å². The third-order valence-corrected chi connectivity index (χ3v) is 5.85. The van der Waals surface area contributed by atoms with Crippen LogP contribution in [0.25, 0.3) is 0 Å². The van der Waals surface area contributed by atoms with Crippen LogP contribution in [0.2, 0.25) is 0 Å². The second kappa shape index (κ2) is 9.45. The number of pyridine rings is 1. The lowest BCUT2D eigenvalue weighted by Crippen LogP contribution is -2.17. The highest BCUT2D eigenvalue weighted by molar-refractivity contribution is 7.16. The highest BCUT2D eigenvalue weighted by Gasteiger charge is 2.24. The molecular weight excluding hydrogens is 406 g/mol. The predicted molar refractivity (Wildman–Crippen MR) is 126 cm³/mol. The van der Waals surface area contributed by atoms with E-state index >= 15 is 0 Å². The van der Waals surface area contributed by atoms with E-state index in [1.165, 1.54) is 0 Å². The zero-order valence-corrected chi connectivity index (χ0v) is 18.1. The fourth-order valence-corrected chi connectivity index (χ4v) is 4.38. The second-order valence-corrected chi connectivity index (χ2v) is 8.25. The molecule has 2 heterocycles. The third kappa shape index (κ3) is 4.75. The molecule has 0 aliphatic carbocycles. The Balaban J connectivity index is 1.75. The summed E-state index contributed by atoms with van der Waals surface area (Å²) in [5, 5.41) is 7.41. The number of anilines is 2. The summed E-state index contributed by atoms with van der Waals surface area (Å²) in [6.45, 7) is 2.03. The van der Waals surface area contributed by atoms with Crippen LogP contribution >= 0.6 is 11.3 Å².